The monoisotopic (exact) mass is 219 g/mol. The normalized spacial score (nSPS) is 28.8. The minimum absolute atomic E-state index is 0.194. The Morgan fingerprint density at radius 3 is 2.62 bits per heavy atom. The molecule has 84 valence electrons. The van der Waals surface area contributed by atoms with Gasteiger partial charge < -0.3 is 10.4 Å². The Hall–Kier alpha value is -1.84. The van der Waals surface area contributed by atoms with E-state index in [-0.39, 0.29) is 12.5 Å². The van der Waals surface area contributed by atoms with Crippen molar-refractivity contribution in [3.8, 4) is 0 Å². The van der Waals surface area contributed by atoms with Gasteiger partial charge >= 0.3 is 5.97 Å². The Morgan fingerprint density at radius 1 is 1.44 bits per heavy atom. The van der Waals surface area contributed by atoms with Crippen molar-refractivity contribution in [3.63, 3.8) is 0 Å². The molecule has 0 aliphatic carbocycles. The van der Waals surface area contributed by atoms with Crippen LogP contribution in [0, 0.1) is 5.92 Å². The predicted octanol–water partition coefficient (Wildman–Crippen LogP) is 0.775. The van der Waals surface area contributed by atoms with E-state index in [0.29, 0.717) is 0 Å². The van der Waals surface area contributed by atoms with E-state index in [1.807, 2.05) is 18.2 Å². The Bertz CT molecular complexity index is 429. The number of benzene rings is 1. The first kappa shape index (κ1) is 10.7. The number of hydrogen-bond acceptors (Lipinski definition) is 2. The first-order valence-corrected chi connectivity index (χ1v) is 5.13. The molecule has 1 aromatic rings. The number of carboxylic acid groups (broad SMARTS) is 1. The molecule has 16 heavy (non-hydrogen) atoms. The Balaban J connectivity index is 2.49. The van der Waals surface area contributed by atoms with Crippen LogP contribution in [0.5, 0.6) is 0 Å². The molecule has 2 rings (SSSR count). The third-order valence-electron chi connectivity index (χ3n) is 3.31. The van der Waals surface area contributed by atoms with Gasteiger partial charge in [-0.2, -0.15) is 0 Å². The van der Waals surface area contributed by atoms with Crippen molar-refractivity contribution < 1.29 is 14.7 Å². The van der Waals surface area contributed by atoms with Gasteiger partial charge in [0.2, 0.25) is 5.91 Å². The number of aliphatic carboxylic acids is 1. The molecular formula is C12H13NO3. The summed E-state index contributed by atoms with van der Waals surface area (Å²) >= 11 is 0. The molecule has 0 spiro atoms. The highest BCUT2D eigenvalue weighted by Gasteiger charge is 2.51. The summed E-state index contributed by atoms with van der Waals surface area (Å²) in [6, 6.07) is 9.05. The predicted molar refractivity (Wildman–Crippen MR) is 57.9 cm³/mol. The average Bonchev–Trinajstić information content (AvgIpc) is 2.58. The van der Waals surface area contributed by atoms with Crippen LogP contribution in [0.4, 0.5) is 0 Å². The third kappa shape index (κ3) is 1.38. The summed E-state index contributed by atoms with van der Waals surface area (Å²) in [7, 11) is 0. The van der Waals surface area contributed by atoms with E-state index < -0.39 is 17.3 Å². The molecule has 0 aromatic heterocycles. The van der Waals surface area contributed by atoms with Gasteiger partial charge in [-0.3, -0.25) is 9.59 Å². The highest BCUT2D eigenvalue weighted by atomic mass is 16.4. The van der Waals surface area contributed by atoms with Crippen molar-refractivity contribution in [2.45, 2.75) is 12.3 Å². The Labute approximate surface area is 93.3 Å². The van der Waals surface area contributed by atoms with Crippen LogP contribution in [-0.4, -0.2) is 23.5 Å². The zero-order chi connectivity index (χ0) is 11.8. The quantitative estimate of drug-likeness (QED) is 0.772. The van der Waals surface area contributed by atoms with E-state index in [2.05, 4.69) is 5.32 Å². The standard InChI is InChI=1S/C12H13NO3/c1-12(8-5-3-2-4-6-8)9(10(14)15)7-13-11(12)16/h2-6,9H,7H2,1H3,(H,13,16)(H,14,15). The number of carbonyl (C=O) groups excluding carboxylic acids is 1. The topological polar surface area (TPSA) is 66.4 Å². The number of hydrogen-bond donors (Lipinski definition) is 2. The molecule has 2 atom stereocenters. The lowest BCUT2D eigenvalue weighted by Crippen LogP contribution is -2.39. The second-order valence-corrected chi connectivity index (χ2v) is 4.17. The molecule has 2 unspecified atom stereocenters. The van der Waals surface area contributed by atoms with Gasteiger partial charge in [-0.15, -0.1) is 0 Å². The smallest absolute Gasteiger partial charge is 0.309 e. The fourth-order valence-corrected chi connectivity index (χ4v) is 2.19. The van der Waals surface area contributed by atoms with Crippen LogP contribution in [0.3, 0.4) is 0 Å². The molecule has 1 aliphatic rings. The molecule has 0 saturated carbocycles. The lowest BCUT2D eigenvalue weighted by atomic mass is 9.73. The summed E-state index contributed by atoms with van der Waals surface area (Å²) < 4.78 is 0. The van der Waals surface area contributed by atoms with Gasteiger partial charge in [-0.05, 0) is 12.5 Å². The number of rotatable bonds is 2. The van der Waals surface area contributed by atoms with Crippen molar-refractivity contribution in [1.82, 2.24) is 5.32 Å². The maximum absolute atomic E-state index is 11.8. The van der Waals surface area contributed by atoms with Gasteiger partial charge in [0.05, 0.1) is 11.3 Å². The molecule has 1 saturated heterocycles. The van der Waals surface area contributed by atoms with Crippen LogP contribution in [0.25, 0.3) is 0 Å². The number of carbonyl (C=O) groups is 2. The fraction of sp³-hybridized carbons (Fsp3) is 0.333. The Kier molecular flexibility index (Phi) is 2.42. The summed E-state index contributed by atoms with van der Waals surface area (Å²) in [5.41, 5.74) is -0.218. The van der Waals surface area contributed by atoms with Gasteiger partial charge in [-0.1, -0.05) is 30.3 Å². The molecule has 1 amide bonds. The highest BCUT2D eigenvalue weighted by molar-refractivity contribution is 5.96. The molecule has 2 N–H and O–H groups in total. The van der Waals surface area contributed by atoms with Gasteiger partial charge in [0.25, 0.3) is 0 Å². The van der Waals surface area contributed by atoms with Crippen molar-refractivity contribution in [1.29, 1.82) is 0 Å². The second-order valence-electron chi connectivity index (χ2n) is 4.17. The SMILES string of the molecule is CC1(c2ccccc2)C(=O)NCC1C(=O)O. The maximum Gasteiger partial charge on any atom is 0.309 e. The van der Waals surface area contributed by atoms with Crippen molar-refractivity contribution in [3.05, 3.63) is 35.9 Å². The van der Waals surface area contributed by atoms with Crippen LogP contribution in [-0.2, 0) is 15.0 Å². The minimum Gasteiger partial charge on any atom is -0.481 e. The molecule has 1 heterocycles. The Morgan fingerprint density at radius 2 is 2.06 bits per heavy atom. The first-order chi connectivity index (χ1) is 7.56. The van der Waals surface area contributed by atoms with E-state index in [4.69, 9.17) is 5.11 Å². The number of carboxylic acids is 1. The van der Waals surface area contributed by atoms with Crippen molar-refractivity contribution >= 4 is 11.9 Å². The average molecular weight is 219 g/mol. The molecule has 0 radical (unpaired) electrons. The number of amides is 1. The van der Waals surface area contributed by atoms with E-state index in [1.165, 1.54) is 0 Å². The second kappa shape index (κ2) is 3.63. The fourth-order valence-electron chi connectivity index (χ4n) is 2.19. The lowest BCUT2D eigenvalue weighted by molar-refractivity contribution is -0.144. The van der Waals surface area contributed by atoms with Gasteiger partial charge in [0.1, 0.15) is 0 Å². The van der Waals surface area contributed by atoms with Crippen LogP contribution >= 0.6 is 0 Å². The van der Waals surface area contributed by atoms with Gasteiger partial charge in [0, 0.05) is 6.54 Å². The van der Waals surface area contributed by atoms with Crippen molar-refractivity contribution in [2.75, 3.05) is 6.54 Å². The molecule has 1 aromatic carbocycles. The molecule has 4 nitrogen and oxygen atoms in total. The van der Waals surface area contributed by atoms with E-state index in [0.717, 1.165) is 5.56 Å². The van der Waals surface area contributed by atoms with Crippen LogP contribution in [0.2, 0.25) is 0 Å². The van der Waals surface area contributed by atoms with E-state index >= 15 is 0 Å². The molecule has 1 aliphatic heterocycles. The number of nitrogens with one attached hydrogen (secondary N) is 1. The van der Waals surface area contributed by atoms with Crippen LogP contribution < -0.4 is 5.32 Å². The molecule has 4 heteroatoms. The first-order valence-electron chi connectivity index (χ1n) is 5.13. The highest BCUT2D eigenvalue weighted by Crippen LogP contribution is 2.36. The van der Waals surface area contributed by atoms with Crippen LogP contribution in [0.15, 0.2) is 30.3 Å². The molecular weight excluding hydrogens is 206 g/mol. The summed E-state index contributed by atoms with van der Waals surface area (Å²) in [4.78, 5) is 23.0. The summed E-state index contributed by atoms with van der Waals surface area (Å²) in [6.07, 6.45) is 0. The summed E-state index contributed by atoms with van der Waals surface area (Å²) in [5.74, 6) is -1.86. The lowest BCUT2D eigenvalue weighted by Gasteiger charge is -2.25. The maximum atomic E-state index is 11.8. The zero-order valence-corrected chi connectivity index (χ0v) is 8.93. The summed E-state index contributed by atoms with van der Waals surface area (Å²) in [6.45, 7) is 1.88. The van der Waals surface area contributed by atoms with Crippen molar-refractivity contribution in [2.24, 2.45) is 5.92 Å². The third-order valence-corrected chi connectivity index (χ3v) is 3.31. The van der Waals surface area contributed by atoms with E-state index in [9.17, 15) is 9.59 Å². The summed E-state index contributed by atoms with van der Waals surface area (Å²) in [5, 5.41) is 11.8. The van der Waals surface area contributed by atoms with E-state index in [1.54, 1.807) is 19.1 Å². The largest absolute Gasteiger partial charge is 0.481 e. The minimum atomic E-state index is -0.965. The van der Waals surface area contributed by atoms with Gasteiger partial charge in [0.15, 0.2) is 0 Å². The van der Waals surface area contributed by atoms with Gasteiger partial charge in [-0.25, -0.2) is 0 Å². The molecule has 0 bridgehead atoms. The van der Waals surface area contributed by atoms with Crippen LogP contribution in [0.1, 0.15) is 12.5 Å². The zero-order valence-electron chi connectivity index (χ0n) is 8.93. The molecule has 1 fully saturated rings.